The van der Waals surface area contributed by atoms with E-state index in [0.29, 0.717) is 13.2 Å². The highest BCUT2D eigenvalue weighted by Gasteiger charge is 2.60. The molecule has 3 aliphatic heterocycles. The van der Waals surface area contributed by atoms with Gasteiger partial charge in [0.05, 0.1) is 20.3 Å². The zero-order valence-corrected chi connectivity index (χ0v) is 16.5. The van der Waals surface area contributed by atoms with Gasteiger partial charge in [-0.05, 0) is 45.4 Å². The van der Waals surface area contributed by atoms with E-state index in [1.807, 2.05) is 52.0 Å². The van der Waals surface area contributed by atoms with Gasteiger partial charge < -0.3 is 33.2 Å². The summed E-state index contributed by atoms with van der Waals surface area (Å²) in [6, 6.07) is 7.79. The van der Waals surface area contributed by atoms with Crippen LogP contribution in [0.25, 0.3) is 0 Å². The van der Waals surface area contributed by atoms with Crippen LogP contribution in [0.5, 0.6) is 5.75 Å². The van der Waals surface area contributed by atoms with E-state index < -0.39 is 17.9 Å². The fraction of sp³-hybridized carbons (Fsp3) is 0.700. The molecule has 0 unspecified atom stereocenters. The van der Waals surface area contributed by atoms with Gasteiger partial charge in [-0.1, -0.05) is 12.1 Å². The first kappa shape index (κ1) is 19.1. The predicted octanol–water partition coefficient (Wildman–Crippen LogP) is 2.61. The Balaban J connectivity index is 1.41. The quantitative estimate of drug-likeness (QED) is 0.778. The third kappa shape index (κ3) is 3.99. The SMILES string of the molecule is COc1ccc(COC[C@H]2O[C@@H]3OC(C)(C)O[C@@H]3[C@H]3OC(C)(C)O[C@H]32)cc1. The Labute approximate surface area is 159 Å². The summed E-state index contributed by atoms with van der Waals surface area (Å²) in [5.41, 5.74) is 1.06. The lowest BCUT2D eigenvalue weighted by molar-refractivity contribution is -0.243. The second-order valence-electron chi connectivity index (χ2n) is 8.07. The Kier molecular flexibility index (Phi) is 4.95. The first-order valence-corrected chi connectivity index (χ1v) is 9.34. The highest BCUT2D eigenvalue weighted by Crippen LogP contribution is 2.44. The molecule has 0 saturated carbocycles. The maximum absolute atomic E-state index is 6.13. The zero-order valence-electron chi connectivity index (χ0n) is 16.5. The number of fused-ring (bicyclic) bond motifs is 3. The Bertz CT molecular complexity index is 657. The van der Waals surface area contributed by atoms with Gasteiger partial charge in [-0.25, -0.2) is 0 Å². The van der Waals surface area contributed by atoms with Gasteiger partial charge in [-0.3, -0.25) is 0 Å². The molecule has 0 radical (unpaired) electrons. The van der Waals surface area contributed by atoms with Crippen molar-refractivity contribution >= 4 is 0 Å². The van der Waals surface area contributed by atoms with Crippen molar-refractivity contribution in [2.45, 2.75) is 76.6 Å². The van der Waals surface area contributed by atoms with Crippen LogP contribution < -0.4 is 4.74 Å². The molecule has 27 heavy (non-hydrogen) atoms. The van der Waals surface area contributed by atoms with E-state index in [-0.39, 0.29) is 24.4 Å². The fourth-order valence-corrected chi connectivity index (χ4v) is 3.84. The minimum atomic E-state index is -0.713. The standard InChI is InChI=1S/C20H28O7/c1-19(2)24-15-14(11-22-10-12-6-8-13(21-5)9-7-12)23-18-17(16(15)25-19)26-20(3,4)27-18/h6-9,14-18H,10-11H2,1-5H3/t14-,15+,16+,17-,18-/m1/s1. The molecule has 150 valence electrons. The number of hydrogen-bond donors (Lipinski definition) is 0. The van der Waals surface area contributed by atoms with Crippen LogP contribution in [0.1, 0.15) is 33.3 Å². The van der Waals surface area contributed by atoms with Crippen LogP contribution in [0, 0.1) is 0 Å². The summed E-state index contributed by atoms with van der Waals surface area (Å²) in [5, 5.41) is 0. The molecule has 5 atom stereocenters. The van der Waals surface area contributed by atoms with Crippen molar-refractivity contribution in [3.63, 3.8) is 0 Å². The number of methoxy groups -OCH3 is 1. The highest BCUT2D eigenvalue weighted by atomic mass is 16.9. The van der Waals surface area contributed by atoms with E-state index in [4.69, 9.17) is 33.2 Å². The average Bonchev–Trinajstić information content (AvgIpc) is 3.10. The first-order valence-electron chi connectivity index (χ1n) is 9.34. The molecule has 3 heterocycles. The molecule has 0 aromatic heterocycles. The van der Waals surface area contributed by atoms with Crippen LogP contribution in [0.4, 0.5) is 0 Å². The molecule has 0 spiro atoms. The van der Waals surface area contributed by atoms with Gasteiger partial charge in [-0.2, -0.15) is 0 Å². The molecule has 0 aliphatic carbocycles. The van der Waals surface area contributed by atoms with Crippen LogP contribution in [0.2, 0.25) is 0 Å². The van der Waals surface area contributed by atoms with Crippen LogP contribution in [-0.2, 0) is 35.0 Å². The van der Waals surface area contributed by atoms with Gasteiger partial charge in [0.2, 0.25) is 0 Å². The van der Waals surface area contributed by atoms with Crippen LogP contribution in [0.3, 0.4) is 0 Å². The van der Waals surface area contributed by atoms with E-state index in [1.54, 1.807) is 7.11 Å². The van der Waals surface area contributed by atoms with Crippen LogP contribution >= 0.6 is 0 Å². The van der Waals surface area contributed by atoms with Crippen molar-refractivity contribution in [2.24, 2.45) is 0 Å². The number of ether oxygens (including phenoxy) is 7. The summed E-state index contributed by atoms with van der Waals surface area (Å²) < 4.78 is 41.3. The number of hydrogen-bond acceptors (Lipinski definition) is 7. The molecule has 1 aromatic rings. The van der Waals surface area contributed by atoms with E-state index in [1.165, 1.54) is 0 Å². The molecule has 3 fully saturated rings. The lowest BCUT2D eigenvalue weighted by Crippen LogP contribution is -2.56. The van der Waals surface area contributed by atoms with Gasteiger partial charge in [-0.15, -0.1) is 0 Å². The zero-order chi connectivity index (χ0) is 19.2. The van der Waals surface area contributed by atoms with Crippen LogP contribution in [-0.4, -0.2) is 56.0 Å². The van der Waals surface area contributed by atoms with Crippen LogP contribution in [0.15, 0.2) is 24.3 Å². The normalized spacial score (nSPS) is 36.3. The van der Waals surface area contributed by atoms with Gasteiger partial charge in [0.25, 0.3) is 0 Å². The molecule has 7 nitrogen and oxygen atoms in total. The molecule has 4 rings (SSSR count). The monoisotopic (exact) mass is 380 g/mol. The Morgan fingerprint density at radius 2 is 1.48 bits per heavy atom. The third-order valence-corrected chi connectivity index (χ3v) is 4.96. The van der Waals surface area contributed by atoms with E-state index in [0.717, 1.165) is 11.3 Å². The summed E-state index contributed by atoms with van der Waals surface area (Å²) in [6.07, 6.45) is -1.63. The lowest BCUT2D eigenvalue weighted by Gasteiger charge is -2.37. The molecule has 0 bridgehead atoms. The Hall–Kier alpha value is -1.22. The minimum absolute atomic E-state index is 0.255. The molecule has 0 amide bonds. The first-order chi connectivity index (χ1) is 12.8. The Morgan fingerprint density at radius 3 is 2.19 bits per heavy atom. The maximum Gasteiger partial charge on any atom is 0.190 e. The predicted molar refractivity (Wildman–Crippen MR) is 95.2 cm³/mol. The minimum Gasteiger partial charge on any atom is -0.497 e. The van der Waals surface area contributed by atoms with E-state index in [9.17, 15) is 0 Å². The van der Waals surface area contributed by atoms with Gasteiger partial charge in [0, 0.05) is 0 Å². The second-order valence-corrected chi connectivity index (χ2v) is 8.07. The molecular formula is C20H28O7. The summed E-state index contributed by atoms with van der Waals surface area (Å²) in [4.78, 5) is 0. The Morgan fingerprint density at radius 1 is 0.852 bits per heavy atom. The van der Waals surface area contributed by atoms with E-state index in [2.05, 4.69) is 0 Å². The molecule has 3 saturated heterocycles. The van der Waals surface area contributed by atoms with Crippen molar-refractivity contribution in [3.05, 3.63) is 29.8 Å². The van der Waals surface area contributed by atoms with Crippen molar-refractivity contribution in [2.75, 3.05) is 13.7 Å². The average molecular weight is 380 g/mol. The summed E-state index contributed by atoms with van der Waals surface area (Å²) in [5.74, 6) is -0.588. The topological polar surface area (TPSA) is 64.6 Å². The summed E-state index contributed by atoms with van der Waals surface area (Å²) >= 11 is 0. The fourth-order valence-electron chi connectivity index (χ4n) is 3.84. The largest absolute Gasteiger partial charge is 0.497 e. The molecule has 0 N–H and O–H groups in total. The van der Waals surface area contributed by atoms with Crippen molar-refractivity contribution in [3.8, 4) is 5.75 Å². The molecular weight excluding hydrogens is 352 g/mol. The van der Waals surface area contributed by atoms with Crippen molar-refractivity contribution < 1.29 is 33.2 Å². The summed E-state index contributed by atoms with van der Waals surface area (Å²) in [6.45, 7) is 8.40. The lowest BCUT2D eigenvalue weighted by atomic mass is 9.99. The van der Waals surface area contributed by atoms with Gasteiger partial charge >= 0.3 is 0 Å². The van der Waals surface area contributed by atoms with Gasteiger partial charge in [0.1, 0.15) is 30.2 Å². The second kappa shape index (κ2) is 6.99. The smallest absolute Gasteiger partial charge is 0.190 e. The van der Waals surface area contributed by atoms with E-state index >= 15 is 0 Å². The van der Waals surface area contributed by atoms with Gasteiger partial charge in [0.15, 0.2) is 17.9 Å². The third-order valence-electron chi connectivity index (χ3n) is 4.96. The number of benzene rings is 1. The number of rotatable bonds is 5. The molecule has 3 aliphatic rings. The highest BCUT2D eigenvalue weighted by molar-refractivity contribution is 5.26. The molecule has 1 aromatic carbocycles. The molecule has 7 heteroatoms. The van der Waals surface area contributed by atoms with Crippen molar-refractivity contribution in [1.29, 1.82) is 0 Å². The maximum atomic E-state index is 6.13. The summed E-state index contributed by atoms with van der Waals surface area (Å²) in [7, 11) is 1.65. The van der Waals surface area contributed by atoms with Crippen molar-refractivity contribution in [1.82, 2.24) is 0 Å².